The number of hydrogen-bond acceptors (Lipinski definition) is 0. The van der Waals surface area contributed by atoms with Crippen molar-refractivity contribution < 1.29 is 0 Å². The number of hydrogen-bond donors (Lipinski definition) is 0. The van der Waals surface area contributed by atoms with Gasteiger partial charge in [-0.2, -0.15) is 0 Å². The number of fused-ring (bicyclic) bond motifs is 2. The van der Waals surface area contributed by atoms with Crippen molar-refractivity contribution in [2.24, 2.45) is 0 Å². The number of rotatable bonds is 12. The van der Waals surface area contributed by atoms with E-state index >= 15 is 0 Å². The van der Waals surface area contributed by atoms with E-state index in [4.69, 9.17) is 0 Å². The van der Waals surface area contributed by atoms with Crippen LogP contribution in [0.15, 0.2) is 96.1 Å². The van der Waals surface area contributed by atoms with Crippen molar-refractivity contribution in [3.63, 3.8) is 0 Å². The van der Waals surface area contributed by atoms with Crippen molar-refractivity contribution in [1.29, 1.82) is 0 Å². The van der Waals surface area contributed by atoms with Crippen molar-refractivity contribution in [2.75, 3.05) is 0 Å². The Morgan fingerprint density at radius 3 is 1.29 bits per heavy atom. The summed E-state index contributed by atoms with van der Waals surface area (Å²) in [6.07, 6.45) is 9.92. The maximum absolute atomic E-state index is 2.56. The van der Waals surface area contributed by atoms with E-state index in [2.05, 4.69) is 139 Å². The van der Waals surface area contributed by atoms with Crippen LogP contribution in [0.25, 0.3) is 34.4 Å². The zero-order valence-electron chi connectivity index (χ0n) is 28.3. The molecule has 4 aromatic rings. The summed E-state index contributed by atoms with van der Waals surface area (Å²) in [6.45, 7) is 13.8. The minimum atomic E-state index is 0.554. The maximum Gasteiger partial charge on any atom is 0.0397 e. The first-order valence-corrected chi connectivity index (χ1v) is 18.9. The molecule has 0 saturated carbocycles. The van der Waals surface area contributed by atoms with Gasteiger partial charge in [-0.05, 0) is 80.3 Å². The van der Waals surface area contributed by atoms with E-state index in [0.717, 1.165) is 9.52 Å². The summed E-state index contributed by atoms with van der Waals surface area (Å²) in [4.78, 5) is 0. The molecule has 2 radical (unpaired) electrons. The fraction of sp³-hybridized carbons (Fsp3) is 0.364. The third kappa shape index (κ3) is 6.47. The SMILES string of the molecule is CCCC1=Cc2c(-c3ccc(C(C)C)cc3)cccc2C1C[Si]CC1C(CCC)=Cc2c(-c3ccc(C(C)C)cc3)cccc21. The monoisotopic (exact) mass is 606 g/mol. The minimum Gasteiger partial charge on any atom is -0.0651 e. The minimum absolute atomic E-state index is 0.554. The summed E-state index contributed by atoms with van der Waals surface area (Å²) >= 11 is 0. The van der Waals surface area contributed by atoms with E-state index in [9.17, 15) is 0 Å². The molecule has 45 heavy (non-hydrogen) atoms. The van der Waals surface area contributed by atoms with Gasteiger partial charge in [-0.1, -0.05) is 175 Å². The average molecular weight is 607 g/mol. The fourth-order valence-electron chi connectivity index (χ4n) is 7.59. The Labute approximate surface area is 275 Å². The Balaban J connectivity index is 1.23. The largest absolute Gasteiger partial charge is 0.0651 e. The van der Waals surface area contributed by atoms with Gasteiger partial charge >= 0.3 is 0 Å². The molecule has 0 aromatic heterocycles. The van der Waals surface area contributed by atoms with Crippen LogP contribution in [0, 0.1) is 0 Å². The van der Waals surface area contributed by atoms with E-state index in [1.807, 2.05) is 0 Å². The van der Waals surface area contributed by atoms with Crippen LogP contribution in [0.1, 0.15) is 124 Å². The third-order valence-corrected chi connectivity index (χ3v) is 11.5. The summed E-state index contributed by atoms with van der Waals surface area (Å²) < 4.78 is 0. The van der Waals surface area contributed by atoms with Crippen LogP contribution in [-0.2, 0) is 0 Å². The third-order valence-electron chi connectivity index (χ3n) is 10.1. The Morgan fingerprint density at radius 1 is 0.533 bits per heavy atom. The van der Waals surface area contributed by atoms with Gasteiger partial charge < -0.3 is 0 Å². The molecular weight excluding hydrogens is 557 g/mol. The maximum atomic E-state index is 2.56. The zero-order chi connectivity index (χ0) is 31.5. The van der Waals surface area contributed by atoms with Crippen molar-refractivity contribution >= 4 is 21.7 Å². The van der Waals surface area contributed by atoms with Crippen molar-refractivity contribution in [3.05, 3.63) is 129 Å². The summed E-state index contributed by atoms with van der Waals surface area (Å²) in [5.41, 5.74) is 17.7. The molecule has 2 atom stereocenters. The topological polar surface area (TPSA) is 0 Å². The van der Waals surface area contributed by atoms with Crippen LogP contribution < -0.4 is 0 Å². The first-order chi connectivity index (χ1) is 21.9. The molecule has 2 unspecified atom stereocenters. The second-order valence-corrected chi connectivity index (χ2v) is 15.2. The molecule has 0 aliphatic heterocycles. The molecule has 0 amide bonds. The summed E-state index contributed by atoms with van der Waals surface area (Å²) in [5, 5.41) is 0. The molecule has 6 rings (SSSR count). The highest BCUT2D eigenvalue weighted by molar-refractivity contribution is 6.36. The zero-order valence-corrected chi connectivity index (χ0v) is 29.3. The molecule has 0 heterocycles. The average Bonchev–Trinajstić information content (AvgIpc) is 3.59. The fourth-order valence-corrected chi connectivity index (χ4v) is 9.30. The van der Waals surface area contributed by atoms with Gasteiger partial charge in [0.15, 0.2) is 0 Å². The smallest absolute Gasteiger partial charge is 0.0397 e. The lowest BCUT2D eigenvalue weighted by atomic mass is 9.91. The Hall–Kier alpha value is -3.42. The predicted octanol–water partition coefficient (Wildman–Crippen LogP) is 13.1. The number of benzene rings is 4. The Bertz CT molecular complexity index is 1550. The van der Waals surface area contributed by atoms with Crippen LogP contribution in [0.4, 0.5) is 0 Å². The molecule has 230 valence electrons. The molecule has 2 aliphatic carbocycles. The quantitative estimate of drug-likeness (QED) is 0.141. The predicted molar refractivity (Wildman–Crippen MR) is 199 cm³/mol. The molecule has 0 spiro atoms. The molecule has 1 heteroatoms. The molecular formula is C44H50Si. The second-order valence-electron chi connectivity index (χ2n) is 13.9. The second kappa shape index (κ2) is 13.9. The molecule has 4 aromatic carbocycles. The summed E-state index contributed by atoms with van der Waals surface area (Å²) in [6, 6.07) is 35.2. The highest BCUT2D eigenvalue weighted by Gasteiger charge is 2.30. The van der Waals surface area contributed by atoms with E-state index in [1.54, 1.807) is 22.3 Å². The van der Waals surface area contributed by atoms with Gasteiger partial charge in [0.1, 0.15) is 0 Å². The lowest BCUT2D eigenvalue weighted by Gasteiger charge is -2.21. The summed E-state index contributed by atoms with van der Waals surface area (Å²) in [7, 11) is 0.941. The molecule has 0 fully saturated rings. The highest BCUT2D eigenvalue weighted by atomic mass is 28.2. The normalized spacial score (nSPS) is 17.1. The number of allylic oxidation sites excluding steroid dienone is 2. The van der Waals surface area contributed by atoms with E-state index in [1.165, 1.54) is 82.3 Å². The van der Waals surface area contributed by atoms with Crippen LogP contribution in [0.5, 0.6) is 0 Å². The van der Waals surface area contributed by atoms with Gasteiger partial charge in [0.2, 0.25) is 0 Å². The molecule has 0 nitrogen and oxygen atoms in total. The van der Waals surface area contributed by atoms with Crippen LogP contribution in [0.2, 0.25) is 12.1 Å². The van der Waals surface area contributed by atoms with Crippen LogP contribution >= 0.6 is 0 Å². The van der Waals surface area contributed by atoms with Crippen LogP contribution in [0.3, 0.4) is 0 Å². The Kier molecular flexibility index (Phi) is 9.76. The molecule has 0 N–H and O–H groups in total. The van der Waals surface area contributed by atoms with E-state index in [0.29, 0.717) is 23.7 Å². The van der Waals surface area contributed by atoms with E-state index < -0.39 is 0 Å². The van der Waals surface area contributed by atoms with Gasteiger partial charge in [0, 0.05) is 21.4 Å². The first kappa shape index (κ1) is 31.6. The van der Waals surface area contributed by atoms with Gasteiger partial charge in [0.25, 0.3) is 0 Å². The van der Waals surface area contributed by atoms with Crippen molar-refractivity contribution in [3.8, 4) is 22.3 Å². The van der Waals surface area contributed by atoms with Gasteiger partial charge in [-0.25, -0.2) is 0 Å². The molecule has 2 aliphatic rings. The summed E-state index contributed by atoms with van der Waals surface area (Å²) in [5.74, 6) is 2.23. The highest BCUT2D eigenvalue weighted by Crippen LogP contribution is 2.47. The van der Waals surface area contributed by atoms with Crippen LogP contribution in [-0.4, -0.2) is 9.52 Å². The lowest BCUT2D eigenvalue weighted by Crippen LogP contribution is -2.08. The Morgan fingerprint density at radius 2 is 0.933 bits per heavy atom. The van der Waals surface area contributed by atoms with Crippen molar-refractivity contribution in [2.45, 2.75) is 103 Å². The van der Waals surface area contributed by atoms with Crippen molar-refractivity contribution in [1.82, 2.24) is 0 Å². The lowest BCUT2D eigenvalue weighted by molar-refractivity contribution is 0.781. The van der Waals surface area contributed by atoms with Gasteiger partial charge in [-0.15, -0.1) is 0 Å². The molecule has 0 saturated heterocycles. The van der Waals surface area contributed by atoms with E-state index in [-0.39, 0.29) is 0 Å². The van der Waals surface area contributed by atoms with Gasteiger partial charge in [0.05, 0.1) is 0 Å². The standard InChI is InChI=1S/C44H50Si/c1-7-11-35-25-41-37(33-21-17-31(18-22-33)29(3)4)13-9-15-39(41)43(35)27-45-28-44-36(12-8-2)26-42-38(14-10-16-40(42)44)34-23-19-32(20-24-34)30(5)6/h9-10,13-26,29-30,43-44H,7-8,11-12,27-28H2,1-6H3. The molecule has 0 bridgehead atoms. The van der Waals surface area contributed by atoms with Gasteiger partial charge in [-0.3, -0.25) is 0 Å². The first-order valence-electron chi connectivity index (χ1n) is 17.5.